The number of non-ortho nitro benzene ring substituents is 1. The van der Waals surface area contributed by atoms with E-state index in [9.17, 15) is 10.1 Å². The highest BCUT2D eigenvalue weighted by Gasteiger charge is 2.41. The van der Waals surface area contributed by atoms with E-state index in [1.807, 2.05) is 0 Å². The summed E-state index contributed by atoms with van der Waals surface area (Å²) in [4.78, 5) is 10.1. The zero-order valence-electron chi connectivity index (χ0n) is 8.85. The summed E-state index contributed by atoms with van der Waals surface area (Å²) in [7, 11) is 0. The van der Waals surface area contributed by atoms with Crippen molar-refractivity contribution in [3.05, 3.63) is 34.4 Å². The predicted molar refractivity (Wildman–Crippen MR) is 60.3 cm³/mol. The summed E-state index contributed by atoms with van der Waals surface area (Å²) in [5.41, 5.74) is 0.817. The molecule has 2 rings (SSSR count). The van der Waals surface area contributed by atoms with Gasteiger partial charge < -0.3 is 10.4 Å². The molecule has 0 spiro atoms. The third kappa shape index (κ3) is 2.30. The number of hydrogen-bond acceptors (Lipinski definition) is 4. The fourth-order valence-corrected chi connectivity index (χ4v) is 1.59. The van der Waals surface area contributed by atoms with Crippen LogP contribution in [0.25, 0.3) is 0 Å². The van der Waals surface area contributed by atoms with Crippen molar-refractivity contribution in [1.29, 1.82) is 0 Å². The van der Waals surface area contributed by atoms with Crippen molar-refractivity contribution >= 4 is 11.4 Å². The Bertz CT molecular complexity index is 402. The van der Waals surface area contributed by atoms with Gasteiger partial charge in [-0.2, -0.15) is 0 Å². The lowest BCUT2D eigenvalue weighted by Crippen LogP contribution is -2.18. The zero-order chi connectivity index (χ0) is 11.6. The number of nitrogens with zero attached hydrogens (tertiary/aromatic N) is 1. The highest BCUT2D eigenvalue weighted by atomic mass is 16.6. The van der Waals surface area contributed by atoms with Gasteiger partial charge in [0.15, 0.2) is 0 Å². The summed E-state index contributed by atoms with van der Waals surface area (Å²) in [6.45, 7) is 0.847. The molecule has 0 aliphatic heterocycles. The van der Waals surface area contributed by atoms with Crippen molar-refractivity contribution in [2.75, 3.05) is 18.5 Å². The molecule has 1 aromatic carbocycles. The second kappa shape index (κ2) is 4.09. The molecular weight excluding hydrogens is 208 g/mol. The fraction of sp³-hybridized carbons (Fsp3) is 0.455. The number of anilines is 1. The van der Waals surface area contributed by atoms with Gasteiger partial charge in [-0.1, -0.05) is 6.07 Å². The van der Waals surface area contributed by atoms with Crippen LogP contribution in [0.15, 0.2) is 24.3 Å². The van der Waals surface area contributed by atoms with Crippen molar-refractivity contribution in [3.8, 4) is 0 Å². The molecule has 5 nitrogen and oxygen atoms in total. The molecule has 1 aliphatic rings. The molecule has 0 amide bonds. The van der Waals surface area contributed by atoms with Crippen LogP contribution in [0, 0.1) is 15.5 Å². The maximum atomic E-state index is 10.6. The molecule has 5 heteroatoms. The number of nitrogens with one attached hydrogen (secondary N) is 1. The van der Waals surface area contributed by atoms with E-state index < -0.39 is 4.92 Å². The first-order chi connectivity index (χ1) is 7.65. The number of rotatable bonds is 5. The molecule has 1 aliphatic carbocycles. The highest BCUT2D eigenvalue weighted by molar-refractivity contribution is 5.51. The molecule has 0 bridgehead atoms. The molecule has 0 atom stereocenters. The molecule has 0 aromatic heterocycles. The quantitative estimate of drug-likeness (QED) is 0.588. The Hall–Kier alpha value is -1.62. The number of hydrogen-bond donors (Lipinski definition) is 2. The van der Waals surface area contributed by atoms with Gasteiger partial charge >= 0.3 is 0 Å². The number of benzene rings is 1. The van der Waals surface area contributed by atoms with Gasteiger partial charge in [-0.15, -0.1) is 0 Å². The summed E-state index contributed by atoms with van der Waals surface area (Å²) >= 11 is 0. The Labute approximate surface area is 93.2 Å². The monoisotopic (exact) mass is 222 g/mol. The first-order valence-electron chi connectivity index (χ1n) is 5.24. The van der Waals surface area contributed by atoms with Gasteiger partial charge in [0.25, 0.3) is 5.69 Å². The summed E-state index contributed by atoms with van der Waals surface area (Å²) in [5, 5.41) is 22.8. The Kier molecular flexibility index (Phi) is 2.78. The van der Waals surface area contributed by atoms with E-state index in [-0.39, 0.29) is 17.7 Å². The van der Waals surface area contributed by atoms with E-state index in [0.717, 1.165) is 18.5 Å². The van der Waals surface area contributed by atoms with E-state index in [1.54, 1.807) is 12.1 Å². The van der Waals surface area contributed by atoms with E-state index in [2.05, 4.69) is 5.32 Å². The third-order valence-electron chi connectivity index (χ3n) is 3.02. The Morgan fingerprint density at radius 3 is 2.81 bits per heavy atom. The Balaban J connectivity index is 1.99. The molecule has 2 N–H and O–H groups in total. The van der Waals surface area contributed by atoms with Crippen molar-refractivity contribution < 1.29 is 10.0 Å². The van der Waals surface area contributed by atoms with Gasteiger partial charge in [0.2, 0.25) is 0 Å². The van der Waals surface area contributed by atoms with Gasteiger partial charge in [-0.05, 0) is 18.9 Å². The number of nitro benzene ring substituents is 1. The maximum absolute atomic E-state index is 10.6. The SMILES string of the molecule is O=[N+]([O-])c1cccc(NCC2(CO)CC2)c1. The van der Waals surface area contributed by atoms with Crippen LogP contribution in [0.2, 0.25) is 0 Å². The average molecular weight is 222 g/mol. The Morgan fingerprint density at radius 1 is 1.50 bits per heavy atom. The van der Waals surface area contributed by atoms with Crippen molar-refractivity contribution in [1.82, 2.24) is 0 Å². The molecule has 0 radical (unpaired) electrons. The molecule has 1 saturated carbocycles. The van der Waals surface area contributed by atoms with Crippen molar-refractivity contribution in [3.63, 3.8) is 0 Å². The van der Waals surface area contributed by atoms with Crippen LogP contribution in [-0.4, -0.2) is 23.2 Å². The molecule has 1 aromatic rings. The van der Waals surface area contributed by atoms with Crippen LogP contribution < -0.4 is 5.32 Å². The minimum Gasteiger partial charge on any atom is -0.396 e. The molecule has 1 fully saturated rings. The zero-order valence-corrected chi connectivity index (χ0v) is 8.85. The largest absolute Gasteiger partial charge is 0.396 e. The van der Waals surface area contributed by atoms with Crippen LogP contribution in [0.1, 0.15) is 12.8 Å². The molecule has 86 valence electrons. The second-order valence-electron chi connectivity index (χ2n) is 4.32. The smallest absolute Gasteiger partial charge is 0.271 e. The summed E-state index contributed by atoms with van der Waals surface area (Å²) in [5.74, 6) is 0. The Morgan fingerprint density at radius 2 is 2.25 bits per heavy atom. The summed E-state index contributed by atoms with van der Waals surface area (Å²) in [6.07, 6.45) is 2.04. The lowest BCUT2D eigenvalue weighted by atomic mass is 10.1. The topological polar surface area (TPSA) is 75.4 Å². The van der Waals surface area contributed by atoms with Gasteiger partial charge in [-0.25, -0.2) is 0 Å². The normalized spacial score (nSPS) is 16.8. The number of nitro groups is 1. The van der Waals surface area contributed by atoms with E-state index in [4.69, 9.17) is 5.11 Å². The highest BCUT2D eigenvalue weighted by Crippen LogP contribution is 2.44. The van der Waals surface area contributed by atoms with Crippen LogP contribution in [0.4, 0.5) is 11.4 Å². The first-order valence-corrected chi connectivity index (χ1v) is 5.24. The minimum absolute atomic E-state index is 0.00458. The van der Waals surface area contributed by atoms with Gasteiger partial charge in [0, 0.05) is 29.8 Å². The van der Waals surface area contributed by atoms with Crippen molar-refractivity contribution in [2.45, 2.75) is 12.8 Å². The average Bonchev–Trinajstić information content (AvgIpc) is 3.07. The van der Waals surface area contributed by atoms with Crippen LogP contribution in [0.3, 0.4) is 0 Å². The second-order valence-corrected chi connectivity index (χ2v) is 4.32. The molecule has 0 heterocycles. The first kappa shape index (κ1) is 10.9. The lowest BCUT2D eigenvalue weighted by molar-refractivity contribution is -0.384. The van der Waals surface area contributed by atoms with Gasteiger partial charge in [-0.3, -0.25) is 10.1 Å². The standard InChI is InChI=1S/C11H14N2O3/c14-8-11(4-5-11)7-12-9-2-1-3-10(6-9)13(15)16/h1-3,6,12,14H,4-5,7-8H2. The molecule has 16 heavy (non-hydrogen) atoms. The van der Waals surface area contributed by atoms with E-state index in [0.29, 0.717) is 6.54 Å². The molecule has 0 saturated heterocycles. The van der Waals surface area contributed by atoms with Gasteiger partial charge in [0.1, 0.15) is 0 Å². The van der Waals surface area contributed by atoms with Crippen LogP contribution in [0.5, 0.6) is 0 Å². The van der Waals surface area contributed by atoms with E-state index in [1.165, 1.54) is 12.1 Å². The molecule has 0 unspecified atom stereocenters. The third-order valence-corrected chi connectivity index (χ3v) is 3.02. The minimum atomic E-state index is -0.413. The number of aliphatic hydroxyl groups is 1. The molecular formula is C11H14N2O3. The fourth-order valence-electron chi connectivity index (χ4n) is 1.59. The number of aliphatic hydroxyl groups excluding tert-OH is 1. The van der Waals surface area contributed by atoms with Crippen molar-refractivity contribution in [2.24, 2.45) is 5.41 Å². The van der Waals surface area contributed by atoms with Gasteiger partial charge in [0.05, 0.1) is 11.5 Å². The lowest BCUT2D eigenvalue weighted by Gasteiger charge is -2.13. The van der Waals surface area contributed by atoms with Crippen LogP contribution >= 0.6 is 0 Å². The predicted octanol–water partition coefficient (Wildman–Crippen LogP) is 1.78. The summed E-state index contributed by atoms with van der Waals surface area (Å²) < 4.78 is 0. The maximum Gasteiger partial charge on any atom is 0.271 e. The van der Waals surface area contributed by atoms with Crippen LogP contribution in [-0.2, 0) is 0 Å². The summed E-state index contributed by atoms with van der Waals surface area (Å²) in [6, 6.07) is 6.41. The van der Waals surface area contributed by atoms with E-state index >= 15 is 0 Å².